The number of ether oxygens (including phenoxy) is 2. The smallest absolute Gasteiger partial charge is 0.220 e. The number of aliphatic hydroxyl groups is 2. The third-order valence-electron chi connectivity index (χ3n) is 4.56. The van der Waals surface area contributed by atoms with Crippen molar-refractivity contribution in [2.75, 3.05) is 51.0 Å². The van der Waals surface area contributed by atoms with Crippen LogP contribution in [0.5, 0.6) is 5.75 Å². The Hall–Kier alpha value is -2.46. The molecule has 3 heterocycles. The van der Waals surface area contributed by atoms with E-state index in [0.29, 0.717) is 17.2 Å². The van der Waals surface area contributed by atoms with Crippen LogP contribution in [0.2, 0.25) is 0 Å². The van der Waals surface area contributed by atoms with E-state index in [1.807, 2.05) is 24.4 Å². The van der Waals surface area contributed by atoms with Crippen LogP contribution in [-0.4, -0.2) is 66.3 Å². The second kappa shape index (κ2) is 9.36. The van der Waals surface area contributed by atoms with Gasteiger partial charge in [0.25, 0.3) is 0 Å². The summed E-state index contributed by atoms with van der Waals surface area (Å²) in [5.74, 6) is 0.802. The molecule has 154 valence electrons. The van der Waals surface area contributed by atoms with Crippen molar-refractivity contribution in [2.24, 2.45) is 5.92 Å². The van der Waals surface area contributed by atoms with Gasteiger partial charge >= 0.3 is 0 Å². The molecule has 2 N–H and O–H groups in total. The van der Waals surface area contributed by atoms with E-state index in [1.54, 1.807) is 23.5 Å². The molecule has 1 fully saturated rings. The zero-order valence-electron chi connectivity index (χ0n) is 15.9. The van der Waals surface area contributed by atoms with Gasteiger partial charge in [0, 0.05) is 42.2 Å². The number of benzene rings is 1. The van der Waals surface area contributed by atoms with E-state index in [-0.39, 0.29) is 25.7 Å². The Labute approximate surface area is 172 Å². The van der Waals surface area contributed by atoms with Gasteiger partial charge in [-0.15, -0.1) is 0 Å². The lowest BCUT2D eigenvalue weighted by atomic mass is 10.2. The Morgan fingerprint density at radius 1 is 1.21 bits per heavy atom. The van der Waals surface area contributed by atoms with Crippen LogP contribution < -0.4 is 9.64 Å². The van der Waals surface area contributed by atoms with E-state index in [9.17, 15) is 0 Å². The third kappa shape index (κ3) is 4.94. The van der Waals surface area contributed by atoms with Crippen LogP contribution >= 0.6 is 11.3 Å². The minimum atomic E-state index is -0.305. The molecule has 2 aromatic heterocycles. The SMILES string of the molecule is OCC(CO)COc1ccc2nc(/C=C/c3cnc(N4CCOCC4)s3)oc2c1. The largest absolute Gasteiger partial charge is 0.493 e. The summed E-state index contributed by atoms with van der Waals surface area (Å²) in [6.45, 7) is 3.19. The summed E-state index contributed by atoms with van der Waals surface area (Å²) < 4.78 is 16.8. The fourth-order valence-electron chi connectivity index (χ4n) is 2.87. The number of anilines is 1. The Morgan fingerprint density at radius 2 is 2.03 bits per heavy atom. The summed E-state index contributed by atoms with van der Waals surface area (Å²) in [4.78, 5) is 12.2. The fraction of sp³-hybridized carbons (Fsp3) is 0.400. The number of morpholine rings is 1. The first-order valence-corrected chi connectivity index (χ1v) is 10.3. The first-order chi connectivity index (χ1) is 14.2. The molecule has 0 unspecified atom stereocenters. The molecule has 0 radical (unpaired) electrons. The molecule has 0 bridgehead atoms. The van der Waals surface area contributed by atoms with Crippen LogP contribution in [0.4, 0.5) is 5.13 Å². The number of hydrogen-bond acceptors (Lipinski definition) is 9. The molecule has 9 heteroatoms. The Morgan fingerprint density at radius 3 is 2.83 bits per heavy atom. The number of aliphatic hydroxyl groups excluding tert-OH is 2. The highest BCUT2D eigenvalue weighted by Gasteiger charge is 2.14. The highest BCUT2D eigenvalue weighted by Crippen LogP contribution is 2.26. The van der Waals surface area contributed by atoms with Gasteiger partial charge in [0.1, 0.15) is 11.3 Å². The number of nitrogens with zero attached hydrogens (tertiary/aromatic N) is 3. The van der Waals surface area contributed by atoms with Gasteiger partial charge in [-0.05, 0) is 18.2 Å². The molecule has 0 amide bonds. The van der Waals surface area contributed by atoms with Crippen LogP contribution in [0.1, 0.15) is 10.8 Å². The average molecular weight is 417 g/mol. The van der Waals surface area contributed by atoms with Crippen molar-refractivity contribution in [3.8, 4) is 5.75 Å². The third-order valence-corrected chi connectivity index (χ3v) is 5.59. The molecule has 0 saturated carbocycles. The minimum Gasteiger partial charge on any atom is -0.493 e. The van der Waals surface area contributed by atoms with E-state index < -0.39 is 0 Å². The fourth-order valence-corrected chi connectivity index (χ4v) is 3.74. The maximum atomic E-state index is 9.12. The summed E-state index contributed by atoms with van der Waals surface area (Å²) >= 11 is 1.62. The van der Waals surface area contributed by atoms with Crippen molar-refractivity contribution >= 4 is 39.7 Å². The number of fused-ring (bicyclic) bond motifs is 1. The number of aromatic nitrogens is 2. The molecule has 3 aromatic rings. The van der Waals surface area contributed by atoms with Crippen LogP contribution in [0.25, 0.3) is 23.3 Å². The standard InChI is InChI=1S/C20H23N3O5S/c24-11-14(12-25)13-27-15-1-3-17-18(9-15)28-19(22-17)4-2-16-10-21-20(29-16)23-5-7-26-8-6-23/h1-4,9-10,14,24-25H,5-8,11-13H2/b4-2+. The summed E-state index contributed by atoms with van der Waals surface area (Å²) in [6.07, 6.45) is 5.61. The number of oxazole rings is 1. The van der Waals surface area contributed by atoms with Crippen molar-refractivity contribution < 1.29 is 24.1 Å². The molecule has 4 rings (SSSR count). The Bertz CT molecular complexity index is 960. The van der Waals surface area contributed by atoms with Gasteiger partial charge in [-0.1, -0.05) is 11.3 Å². The van der Waals surface area contributed by atoms with Gasteiger partial charge in [-0.3, -0.25) is 0 Å². The van der Waals surface area contributed by atoms with Gasteiger partial charge < -0.3 is 29.0 Å². The lowest BCUT2D eigenvalue weighted by Crippen LogP contribution is -2.36. The number of hydrogen-bond donors (Lipinski definition) is 2. The predicted octanol–water partition coefficient (Wildman–Crippen LogP) is 2.27. The minimum absolute atomic E-state index is 0.124. The van der Waals surface area contributed by atoms with Crippen LogP contribution in [0.3, 0.4) is 0 Å². The zero-order valence-corrected chi connectivity index (χ0v) is 16.7. The summed E-state index contributed by atoms with van der Waals surface area (Å²) in [5, 5.41) is 19.2. The van der Waals surface area contributed by atoms with Gasteiger partial charge in [0.05, 0.1) is 33.0 Å². The molecule has 0 spiro atoms. The number of rotatable bonds is 8. The van der Waals surface area contributed by atoms with Gasteiger partial charge in [0.2, 0.25) is 5.89 Å². The topological polar surface area (TPSA) is 101 Å². The normalized spacial score (nSPS) is 15.1. The van der Waals surface area contributed by atoms with Crippen molar-refractivity contribution in [1.29, 1.82) is 0 Å². The van der Waals surface area contributed by atoms with E-state index >= 15 is 0 Å². The molecule has 8 nitrogen and oxygen atoms in total. The summed E-state index contributed by atoms with van der Waals surface area (Å²) in [5.41, 5.74) is 1.35. The van der Waals surface area contributed by atoms with Gasteiger partial charge in [-0.25, -0.2) is 9.97 Å². The van der Waals surface area contributed by atoms with Crippen LogP contribution in [-0.2, 0) is 4.74 Å². The highest BCUT2D eigenvalue weighted by atomic mass is 32.1. The van der Waals surface area contributed by atoms with Crippen molar-refractivity contribution in [3.63, 3.8) is 0 Å². The Kier molecular flexibility index (Phi) is 6.40. The second-order valence-corrected chi connectivity index (χ2v) is 7.74. The molecule has 29 heavy (non-hydrogen) atoms. The molecule has 0 aliphatic carbocycles. The van der Waals surface area contributed by atoms with Crippen molar-refractivity contribution in [1.82, 2.24) is 9.97 Å². The quantitative estimate of drug-likeness (QED) is 0.576. The maximum absolute atomic E-state index is 9.12. The lowest BCUT2D eigenvalue weighted by Gasteiger charge is -2.25. The highest BCUT2D eigenvalue weighted by molar-refractivity contribution is 7.16. The molecule has 0 atom stereocenters. The van der Waals surface area contributed by atoms with E-state index in [0.717, 1.165) is 41.8 Å². The maximum Gasteiger partial charge on any atom is 0.220 e. The zero-order chi connectivity index (χ0) is 20.1. The molecular weight excluding hydrogens is 394 g/mol. The van der Waals surface area contributed by atoms with E-state index in [1.165, 1.54) is 0 Å². The first kappa shape index (κ1) is 19.8. The van der Waals surface area contributed by atoms with Gasteiger partial charge in [-0.2, -0.15) is 0 Å². The van der Waals surface area contributed by atoms with Crippen molar-refractivity contribution in [3.05, 3.63) is 35.2 Å². The molecular formula is C20H23N3O5S. The Balaban J connectivity index is 1.42. The van der Waals surface area contributed by atoms with E-state index in [2.05, 4.69) is 14.9 Å². The molecule has 1 aromatic carbocycles. The number of thiazole rings is 1. The average Bonchev–Trinajstić information content (AvgIpc) is 3.40. The molecule has 1 aliphatic rings. The van der Waals surface area contributed by atoms with Gasteiger partial charge in [0.15, 0.2) is 10.7 Å². The summed E-state index contributed by atoms with van der Waals surface area (Å²) in [6, 6.07) is 5.37. The first-order valence-electron chi connectivity index (χ1n) is 9.47. The van der Waals surface area contributed by atoms with Crippen LogP contribution in [0.15, 0.2) is 28.8 Å². The monoisotopic (exact) mass is 417 g/mol. The predicted molar refractivity (Wildman–Crippen MR) is 111 cm³/mol. The lowest BCUT2D eigenvalue weighted by molar-refractivity contribution is 0.106. The van der Waals surface area contributed by atoms with Crippen LogP contribution in [0, 0.1) is 5.92 Å². The molecule has 1 saturated heterocycles. The van der Waals surface area contributed by atoms with Crippen molar-refractivity contribution in [2.45, 2.75) is 0 Å². The summed E-state index contributed by atoms with van der Waals surface area (Å²) in [7, 11) is 0. The van der Waals surface area contributed by atoms with E-state index in [4.69, 9.17) is 24.1 Å². The second-order valence-electron chi connectivity index (χ2n) is 6.70. The molecule has 1 aliphatic heterocycles.